The second kappa shape index (κ2) is 6.44. The largest absolute Gasteiger partial charge is 0.367 e. The van der Waals surface area contributed by atoms with Gasteiger partial charge in [-0.3, -0.25) is 0 Å². The van der Waals surface area contributed by atoms with Gasteiger partial charge in [-0.05, 0) is 29.0 Å². The fourth-order valence-electron chi connectivity index (χ4n) is 1.92. The highest BCUT2D eigenvalue weighted by Crippen LogP contribution is 2.23. The molecular weight excluding hydrogens is 290 g/mol. The fraction of sp³-hybridized carbons (Fsp3) is 0.600. The van der Waals surface area contributed by atoms with Crippen molar-refractivity contribution in [3.8, 4) is 0 Å². The third kappa shape index (κ3) is 4.78. The van der Waals surface area contributed by atoms with Crippen LogP contribution in [0, 0.1) is 5.92 Å². The maximum absolute atomic E-state index is 12.3. The zero-order valence-corrected chi connectivity index (χ0v) is 14.0. The van der Waals surface area contributed by atoms with Gasteiger partial charge >= 0.3 is 0 Å². The summed E-state index contributed by atoms with van der Waals surface area (Å²) < 4.78 is 26.9. The van der Waals surface area contributed by atoms with E-state index in [9.17, 15) is 18.6 Å². The van der Waals surface area contributed by atoms with Crippen LogP contribution in [-0.4, -0.2) is 31.0 Å². The Hall–Kier alpha value is -0.950. The van der Waals surface area contributed by atoms with Crippen LogP contribution in [0.5, 0.6) is 0 Å². The smallest absolute Gasteiger partial charge is 0.241 e. The first-order valence-electron chi connectivity index (χ1n) is 6.94. The minimum atomic E-state index is -3.78. The molecule has 0 bridgehead atoms. The molecule has 0 saturated carbocycles. The van der Waals surface area contributed by atoms with Gasteiger partial charge in [-0.1, -0.05) is 46.8 Å². The van der Waals surface area contributed by atoms with Crippen LogP contribution in [0.25, 0.3) is 0 Å². The average Bonchev–Trinajstić information content (AvgIpc) is 2.34. The van der Waals surface area contributed by atoms with Gasteiger partial charge in [0.2, 0.25) is 10.0 Å². The van der Waals surface area contributed by atoms with E-state index in [0.717, 1.165) is 5.56 Å². The van der Waals surface area contributed by atoms with Crippen LogP contribution in [-0.2, 0) is 15.4 Å². The SMILES string of the molecule is CC(C)[C@H](NS(=O)(=O)c1ccc(C(C)(C)C)cc1)C(O)O. The number of hydrogen-bond donors (Lipinski definition) is 3. The van der Waals surface area contributed by atoms with E-state index in [2.05, 4.69) is 4.72 Å². The van der Waals surface area contributed by atoms with Gasteiger partial charge in [0.05, 0.1) is 10.9 Å². The highest BCUT2D eigenvalue weighted by molar-refractivity contribution is 7.89. The van der Waals surface area contributed by atoms with Crippen LogP contribution in [0.4, 0.5) is 0 Å². The number of nitrogens with one attached hydrogen (secondary N) is 1. The summed E-state index contributed by atoms with van der Waals surface area (Å²) in [6.07, 6.45) is -1.74. The molecule has 0 aromatic heterocycles. The maximum Gasteiger partial charge on any atom is 0.241 e. The van der Waals surface area contributed by atoms with Crippen molar-refractivity contribution in [1.82, 2.24) is 4.72 Å². The monoisotopic (exact) mass is 315 g/mol. The van der Waals surface area contributed by atoms with Gasteiger partial charge in [-0.15, -0.1) is 0 Å². The molecule has 0 aliphatic heterocycles. The van der Waals surface area contributed by atoms with Crippen molar-refractivity contribution < 1.29 is 18.6 Å². The Labute approximate surface area is 127 Å². The molecule has 3 N–H and O–H groups in total. The van der Waals surface area contributed by atoms with Crippen molar-refractivity contribution in [1.29, 1.82) is 0 Å². The Balaban J connectivity index is 3.03. The molecule has 0 spiro atoms. The van der Waals surface area contributed by atoms with Gasteiger partial charge < -0.3 is 10.2 Å². The summed E-state index contributed by atoms with van der Waals surface area (Å²) >= 11 is 0. The first kappa shape index (κ1) is 18.1. The van der Waals surface area contributed by atoms with Crippen LogP contribution < -0.4 is 4.72 Å². The molecule has 21 heavy (non-hydrogen) atoms. The van der Waals surface area contributed by atoms with E-state index in [1.165, 1.54) is 12.1 Å². The first-order valence-corrected chi connectivity index (χ1v) is 8.42. The highest BCUT2D eigenvalue weighted by atomic mass is 32.2. The molecule has 0 radical (unpaired) electrons. The van der Waals surface area contributed by atoms with Gasteiger partial charge in [0.25, 0.3) is 0 Å². The molecule has 6 heteroatoms. The van der Waals surface area contributed by atoms with Crippen molar-refractivity contribution >= 4 is 10.0 Å². The summed E-state index contributed by atoms with van der Waals surface area (Å²) in [4.78, 5) is 0.113. The molecule has 1 aromatic rings. The van der Waals surface area contributed by atoms with E-state index in [4.69, 9.17) is 0 Å². The first-order chi connectivity index (χ1) is 9.45. The number of sulfonamides is 1. The molecule has 0 aliphatic carbocycles. The van der Waals surface area contributed by atoms with E-state index in [1.807, 2.05) is 20.8 Å². The lowest BCUT2D eigenvalue weighted by molar-refractivity contribution is -0.0718. The minimum Gasteiger partial charge on any atom is -0.367 e. The predicted octanol–water partition coefficient (Wildman–Crippen LogP) is 1.60. The summed E-state index contributed by atoms with van der Waals surface area (Å²) in [5.41, 5.74) is 0.973. The van der Waals surface area contributed by atoms with Crippen molar-refractivity contribution in [3.63, 3.8) is 0 Å². The quantitative estimate of drug-likeness (QED) is 0.720. The molecule has 0 fully saturated rings. The lowest BCUT2D eigenvalue weighted by Crippen LogP contribution is -2.46. The van der Waals surface area contributed by atoms with E-state index < -0.39 is 22.4 Å². The Bertz CT molecular complexity index is 548. The Kier molecular flexibility index (Phi) is 5.55. The van der Waals surface area contributed by atoms with Crippen molar-refractivity contribution in [3.05, 3.63) is 29.8 Å². The molecule has 0 aliphatic rings. The number of hydrogen-bond acceptors (Lipinski definition) is 4. The van der Waals surface area contributed by atoms with E-state index in [0.29, 0.717) is 0 Å². The summed E-state index contributed by atoms with van der Waals surface area (Å²) in [6.45, 7) is 9.58. The molecule has 0 amide bonds. The average molecular weight is 315 g/mol. The highest BCUT2D eigenvalue weighted by Gasteiger charge is 2.27. The molecule has 1 rings (SSSR count). The van der Waals surface area contributed by atoms with Crippen LogP contribution >= 0.6 is 0 Å². The second-order valence-electron chi connectivity index (χ2n) is 6.58. The van der Waals surface area contributed by atoms with Crippen LogP contribution in [0.3, 0.4) is 0 Å². The fourth-order valence-corrected chi connectivity index (χ4v) is 3.31. The molecule has 1 atom stereocenters. The zero-order valence-electron chi connectivity index (χ0n) is 13.2. The Morgan fingerprint density at radius 2 is 1.52 bits per heavy atom. The molecule has 120 valence electrons. The van der Waals surface area contributed by atoms with Crippen molar-refractivity contribution in [2.45, 2.75) is 57.3 Å². The molecule has 0 heterocycles. The maximum atomic E-state index is 12.3. The van der Waals surface area contributed by atoms with Crippen molar-refractivity contribution in [2.75, 3.05) is 0 Å². The Morgan fingerprint density at radius 3 is 1.86 bits per heavy atom. The lowest BCUT2D eigenvalue weighted by Gasteiger charge is -2.24. The third-order valence-electron chi connectivity index (χ3n) is 3.36. The molecule has 5 nitrogen and oxygen atoms in total. The molecule has 0 saturated heterocycles. The van der Waals surface area contributed by atoms with Gasteiger partial charge in [-0.25, -0.2) is 13.1 Å². The zero-order chi connectivity index (χ0) is 16.4. The summed E-state index contributed by atoms with van der Waals surface area (Å²) in [5.74, 6) is -0.242. The second-order valence-corrected chi connectivity index (χ2v) is 8.29. The normalized spacial score (nSPS) is 14.7. The Morgan fingerprint density at radius 1 is 1.05 bits per heavy atom. The van der Waals surface area contributed by atoms with Gasteiger partial charge in [-0.2, -0.15) is 0 Å². The topological polar surface area (TPSA) is 86.6 Å². The van der Waals surface area contributed by atoms with E-state index >= 15 is 0 Å². The molecule has 1 aromatic carbocycles. The summed E-state index contributed by atoms with van der Waals surface area (Å²) in [5, 5.41) is 18.5. The van der Waals surface area contributed by atoms with Gasteiger partial charge in [0, 0.05) is 0 Å². The standard InChI is InChI=1S/C15H25NO4S/c1-10(2)13(14(17)18)16-21(19,20)12-8-6-11(7-9-12)15(3,4)5/h6-10,13-14,16-18H,1-5H3/t13-/m0/s1. The van der Waals surface area contributed by atoms with Gasteiger partial charge in [0.1, 0.15) is 0 Å². The van der Waals surface area contributed by atoms with Crippen LogP contribution in [0.2, 0.25) is 0 Å². The summed E-state index contributed by atoms with van der Waals surface area (Å²) in [7, 11) is -3.78. The van der Waals surface area contributed by atoms with E-state index in [1.54, 1.807) is 26.0 Å². The van der Waals surface area contributed by atoms with E-state index in [-0.39, 0.29) is 16.2 Å². The molecule has 0 unspecified atom stereocenters. The predicted molar refractivity (Wildman–Crippen MR) is 82.3 cm³/mol. The number of benzene rings is 1. The molecular formula is C15H25NO4S. The van der Waals surface area contributed by atoms with Crippen LogP contribution in [0.1, 0.15) is 40.2 Å². The van der Waals surface area contributed by atoms with Crippen molar-refractivity contribution in [2.24, 2.45) is 5.92 Å². The number of aliphatic hydroxyl groups is 2. The van der Waals surface area contributed by atoms with Gasteiger partial charge in [0.15, 0.2) is 6.29 Å². The van der Waals surface area contributed by atoms with Crippen LogP contribution in [0.15, 0.2) is 29.2 Å². The third-order valence-corrected chi connectivity index (χ3v) is 4.84. The number of rotatable bonds is 5. The lowest BCUT2D eigenvalue weighted by atomic mass is 9.87. The minimum absolute atomic E-state index is 0.0581. The summed E-state index contributed by atoms with van der Waals surface area (Å²) in [6, 6.07) is 5.66. The number of aliphatic hydroxyl groups excluding tert-OH is 1.